The normalized spacial score (nSPS) is 25.2. The summed E-state index contributed by atoms with van der Waals surface area (Å²) < 4.78 is 29.5. The van der Waals surface area contributed by atoms with Gasteiger partial charge in [-0.15, -0.1) is 0 Å². The zero-order chi connectivity index (χ0) is 13.1. The van der Waals surface area contributed by atoms with Gasteiger partial charge < -0.3 is 10.5 Å². The van der Waals surface area contributed by atoms with Gasteiger partial charge >= 0.3 is 5.97 Å². The molecule has 100 valence electrons. The second kappa shape index (κ2) is 5.79. The predicted molar refractivity (Wildman–Crippen MR) is 63.7 cm³/mol. The Bertz CT molecular complexity index is 369. The summed E-state index contributed by atoms with van der Waals surface area (Å²) in [4.78, 5) is 11.0. The number of esters is 1. The van der Waals surface area contributed by atoms with E-state index in [2.05, 4.69) is 4.74 Å². The fourth-order valence-electron chi connectivity index (χ4n) is 2.29. The number of rotatable bonds is 5. The lowest BCUT2D eigenvalue weighted by Gasteiger charge is -2.27. The lowest BCUT2D eigenvalue weighted by molar-refractivity contribution is -0.137. The van der Waals surface area contributed by atoms with Crippen LogP contribution in [0.15, 0.2) is 0 Å². The van der Waals surface area contributed by atoms with Crippen molar-refractivity contribution in [3.63, 3.8) is 0 Å². The van der Waals surface area contributed by atoms with Gasteiger partial charge in [-0.05, 0) is 25.3 Å². The molecule has 0 aromatic carbocycles. The Labute approximate surface area is 102 Å². The Morgan fingerprint density at radius 1 is 1.47 bits per heavy atom. The summed E-state index contributed by atoms with van der Waals surface area (Å²) in [6, 6.07) is -0.0883. The zero-order valence-corrected chi connectivity index (χ0v) is 11.1. The summed E-state index contributed by atoms with van der Waals surface area (Å²) in [5.41, 5.74) is 5.62. The van der Waals surface area contributed by atoms with Gasteiger partial charge in [-0.25, -0.2) is 12.7 Å². The van der Waals surface area contributed by atoms with Crippen molar-refractivity contribution in [2.45, 2.75) is 25.3 Å². The molecule has 0 saturated heterocycles. The van der Waals surface area contributed by atoms with Gasteiger partial charge in [-0.2, -0.15) is 0 Å². The smallest absolute Gasteiger partial charge is 0.322 e. The van der Waals surface area contributed by atoms with E-state index in [1.54, 1.807) is 0 Å². The summed E-state index contributed by atoms with van der Waals surface area (Å²) in [5, 5.41) is 0. The van der Waals surface area contributed by atoms with Gasteiger partial charge in [-0.1, -0.05) is 6.42 Å². The first kappa shape index (κ1) is 14.4. The maximum atomic E-state index is 11.9. The summed E-state index contributed by atoms with van der Waals surface area (Å²) in [5.74, 6) is -1.15. The van der Waals surface area contributed by atoms with E-state index in [1.165, 1.54) is 18.5 Å². The van der Waals surface area contributed by atoms with Crippen LogP contribution in [0.2, 0.25) is 0 Å². The lowest BCUT2D eigenvalue weighted by atomic mass is 10.0. The summed E-state index contributed by atoms with van der Waals surface area (Å²) in [6.07, 6.45) is 2.72. The van der Waals surface area contributed by atoms with Crippen LogP contribution in [-0.4, -0.2) is 51.2 Å². The number of hydrogen-bond acceptors (Lipinski definition) is 5. The number of carbonyl (C=O) groups excluding carboxylic acids is 1. The lowest BCUT2D eigenvalue weighted by Crippen LogP contribution is -2.43. The molecular formula is C10H20N2O4S. The minimum atomic E-state index is -3.59. The van der Waals surface area contributed by atoms with E-state index in [9.17, 15) is 13.2 Å². The van der Waals surface area contributed by atoms with Gasteiger partial charge in [0.15, 0.2) is 5.75 Å². The van der Waals surface area contributed by atoms with Crippen LogP contribution in [0, 0.1) is 5.92 Å². The monoisotopic (exact) mass is 264 g/mol. The second-order valence-corrected chi connectivity index (χ2v) is 6.37. The highest BCUT2D eigenvalue weighted by Crippen LogP contribution is 2.29. The minimum absolute atomic E-state index is 0.0883. The van der Waals surface area contributed by atoms with Gasteiger partial charge in [0, 0.05) is 13.1 Å². The molecule has 7 heteroatoms. The second-order valence-electron chi connectivity index (χ2n) is 4.34. The maximum absolute atomic E-state index is 11.9. The molecule has 1 aliphatic carbocycles. The van der Waals surface area contributed by atoms with Crippen molar-refractivity contribution in [1.29, 1.82) is 0 Å². The highest BCUT2D eigenvalue weighted by molar-refractivity contribution is 7.89. The Balaban J connectivity index is 2.74. The molecule has 17 heavy (non-hydrogen) atoms. The van der Waals surface area contributed by atoms with E-state index in [0.717, 1.165) is 19.3 Å². The van der Waals surface area contributed by atoms with Crippen molar-refractivity contribution in [2.24, 2.45) is 11.7 Å². The van der Waals surface area contributed by atoms with Crippen LogP contribution in [0.1, 0.15) is 19.3 Å². The molecular weight excluding hydrogens is 244 g/mol. The molecule has 0 heterocycles. The molecule has 0 aromatic heterocycles. The fraction of sp³-hybridized carbons (Fsp3) is 0.900. The molecule has 2 atom stereocenters. The molecule has 1 saturated carbocycles. The van der Waals surface area contributed by atoms with Crippen LogP contribution in [0.3, 0.4) is 0 Å². The Morgan fingerprint density at radius 2 is 2.12 bits per heavy atom. The summed E-state index contributed by atoms with van der Waals surface area (Å²) in [7, 11) is -0.907. The van der Waals surface area contributed by atoms with Gasteiger partial charge in [0.2, 0.25) is 10.0 Å². The maximum Gasteiger partial charge on any atom is 0.322 e. The van der Waals surface area contributed by atoms with Crippen molar-refractivity contribution >= 4 is 16.0 Å². The fourth-order valence-corrected chi connectivity index (χ4v) is 3.60. The average molecular weight is 264 g/mol. The minimum Gasteiger partial charge on any atom is -0.468 e. The van der Waals surface area contributed by atoms with Gasteiger partial charge in [-0.3, -0.25) is 4.79 Å². The van der Waals surface area contributed by atoms with E-state index >= 15 is 0 Å². The molecule has 2 N–H and O–H groups in total. The standard InChI is InChI=1S/C10H20N2O4S/c1-12(9-5-3-4-8(9)6-11)17(14,15)7-10(13)16-2/h8-9H,3-7,11H2,1-2H3. The molecule has 0 radical (unpaired) electrons. The molecule has 1 aliphatic rings. The first-order valence-corrected chi connectivity index (χ1v) is 7.26. The number of nitrogens with two attached hydrogens (primary N) is 1. The molecule has 1 rings (SSSR count). The quantitative estimate of drug-likeness (QED) is 0.679. The van der Waals surface area contributed by atoms with Crippen LogP contribution in [0.5, 0.6) is 0 Å². The van der Waals surface area contributed by atoms with Crippen LogP contribution in [-0.2, 0) is 19.6 Å². The summed E-state index contributed by atoms with van der Waals surface area (Å²) in [6.45, 7) is 0.475. The van der Waals surface area contributed by atoms with Crippen LogP contribution >= 0.6 is 0 Å². The van der Waals surface area contributed by atoms with Crippen molar-refractivity contribution < 1.29 is 17.9 Å². The molecule has 1 fully saturated rings. The first-order chi connectivity index (χ1) is 7.92. The number of methoxy groups -OCH3 is 1. The predicted octanol–water partition coefficient (Wildman–Crippen LogP) is -0.452. The summed E-state index contributed by atoms with van der Waals surface area (Å²) >= 11 is 0. The molecule has 0 aliphatic heterocycles. The van der Waals surface area contributed by atoms with E-state index in [-0.39, 0.29) is 12.0 Å². The Kier molecular flexibility index (Phi) is 4.91. The molecule has 6 nitrogen and oxygen atoms in total. The largest absolute Gasteiger partial charge is 0.468 e. The highest BCUT2D eigenvalue weighted by atomic mass is 32.2. The van der Waals surface area contributed by atoms with E-state index in [4.69, 9.17) is 5.73 Å². The number of ether oxygens (including phenoxy) is 1. The van der Waals surface area contributed by atoms with E-state index in [0.29, 0.717) is 6.54 Å². The van der Waals surface area contributed by atoms with E-state index < -0.39 is 21.7 Å². The van der Waals surface area contributed by atoms with Crippen molar-refractivity contribution in [2.75, 3.05) is 26.5 Å². The number of carbonyl (C=O) groups is 1. The number of sulfonamides is 1. The van der Waals surface area contributed by atoms with Crippen molar-refractivity contribution in [1.82, 2.24) is 4.31 Å². The number of nitrogens with zero attached hydrogens (tertiary/aromatic N) is 1. The molecule has 0 aromatic rings. The SMILES string of the molecule is COC(=O)CS(=O)(=O)N(C)C1CCCC1CN. The average Bonchev–Trinajstić information content (AvgIpc) is 2.74. The zero-order valence-electron chi connectivity index (χ0n) is 10.3. The van der Waals surface area contributed by atoms with Crippen LogP contribution < -0.4 is 5.73 Å². The number of hydrogen-bond donors (Lipinski definition) is 1. The van der Waals surface area contributed by atoms with Crippen molar-refractivity contribution in [3.05, 3.63) is 0 Å². The topological polar surface area (TPSA) is 89.7 Å². The third kappa shape index (κ3) is 3.40. The van der Waals surface area contributed by atoms with Gasteiger partial charge in [0.25, 0.3) is 0 Å². The van der Waals surface area contributed by atoms with Crippen LogP contribution in [0.25, 0.3) is 0 Å². The first-order valence-electron chi connectivity index (χ1n) is 5.65. The molecule has 2 unspecified atom stereocenters. The van der Waals surface area contributed by atoms with E-state index in [1.807, 2.05) is 0 Å². The highest BCUT2D eigenvalue weighted by Gasteiger charge is 2.36. The third-order valence-electron chi connectivity index (χ3n) is 3.36. The van der Waals surface area contributed by atoms with Crippen LogP contribution in [0.4, 0.5) is 0 Å². The van der Waals surface area contributed by atoms with Gasteiger partial charge in [0.05, 0.1) is 7.11 Å². The van der Waals surface area contributed by atoms with Crippen molar-refractivity contribution in [3.8, 4) is 0 Å². The Morgan fingerprint density at radius 3 is 2.65 bits per heavy atom. The molecule has 0 spiro atoms. The van der Waals surface area contributed by atoms with Gasteiger partial charge in [0.1, 0.15) is 0 Å². The molecule has 0 bridgehead atoms. The third-order valence-corrected chi connectivity index (χ3v) is 5.10. The Hall–Kier alpha value is -0.660. The molecule has 0 amide bonds.